The molecule has 0 spiro atoms. The summed E-state index contributed by atoms with van der Waals surface area (Å²) < 4.78 is 7.28. The van der Waals surface area contributed by atoms with E-state index in [1.165, 1.54) is 0 Å². The van der Waals surface area contributed by atoms with Gasteiger partial charge < -0.3 is 9.64 Å². The van der Waals surface area contributed by atoms with Crippen molar-refractivity contribution >= 4 is 5.91 Å². The Morgan fingerprint density at radius 1 is 1.41 bits per heavy atom. The summed E-state index contributed by atoms with van der Waals surface area (Å²) >= 11 is 0. The number of tetrazole rings is 1. The highest BCUT2D eigenvalue weighted by Gasteiger charge is 2.32. The number of fused-ring (bicyclic) bond motifs is 1. The summed E-state index contributed by atoms with van der Waals surface area (Å²) in [4.78, 5) is 14.5. The first-order valence-electron chi connectivity index (χ1n) is 7.43. The highest BCUT2D eigenvalue weighted by Crippen LogP contribution is 2.26. The third-order valence-corrected chi connectivity index (χ3v) is 4.30. The minimum atomic E-state index is -0.301. The highest BCUT2D eigenvalue weighted by molar-refractivity contribution is 5.94. The highest BCUT2D eigenvalue weighted by atomic mass is 16.5. The van der Waals surface area contributed by atoms with Crippen LogP contribution in [0.2, 0.25) is 0 Å². The van der Waals surface area contributed by atoms with Crippen molar-refractivity contribution in [1.82, 2.24) is 35.3 Å². The third-order valence-electron chi connectivity index (χ3n) is 4.30. The third kappa shape index (κ3) is 2.08. The lowest BCUT2D eigenvalue weighted by atomic mass is 10.1. The summed E-state index contributed by atoms with van der Waals surface area (Å²) in [7, 11) is 1.76. The fourth-order valence-corrected chi connectivity index (χ4v) is 3.15. The average Bonchev–Trinajstić information content (AvgIpc) is 3.22. The van der Waals surface area contributed by atoms with Crippen LogP contribution in [0.1, 0.15) is 40.1 Å². The molecule has 116 valence electrons. The number of carbonyl (C=O) groups is 1. The predicted octanol–water partition coefficient (Wildman–Crippen LogP) is -0.364. The van der Waals surface area contributed by atoms with Crippen LogP contribution in [0.25, 0.3) is 0 Å². The van der Waals surface area contributed by atoms with Crippen LogP contribution in [-0.2, 0) is 24.6 Å². The van der Waals surface area contributed by atoms with Crippen molar-refractivity contribution in [3.63, 3.8) is 0 Å². The number of carbonyl (C=O) groups excluding carboxylic acids is 1. The first kappa shape index (κ1) is 13.4. The van der Waals surface area contributed by atoms with Gasteiger partial charge in [-0.3, -0.25) is 9.89 Å². The lowest BCUT2D eigenvalue weighted by Crippen LogP contribution is -2.43. The molecule has 2 aromatic rings. The van der Waals surface area contributed by atoms with Crippen molar-refractivity contribution in [2.24, 2.45) is 7.05 Å². The van der Waals surface area contributed by atoms with Crippen molar-refractivity contribution in [1.29, 1.82) is 0 Å². The summed E-state index contributed by atoms with van der Waals surface area (Å²) in [6.45, 7) is 1.47. The number of morpholine rings is 1. The smallest absolute Gasteiger partial charge is 0.274 e. The van der Waals surface area contributed by atoms with Gasteiger partial charge in [0.2, 0.25) is 0 Å². The topological polar surface area (TPSA) is 102 Å². The van der Waals surface area contributed by atoms with E-state index in [1.54, 1.807) is 16.6 Å². The van der Waals surface area contributed by atoms with Crippen molar-refractivity contribution in [3.05, 3.63) is 22.8 Å². The lowest BCUT2D eigenvalue weighted by molar-refractivity contribution is -0.0286. The lowest BCUT2D eigenvalue weighted by Gasteiger charge is -2.31. The van der Waals surface area contributed by atoms with Gasteiger partial charge in [-0.05, 0) is 29.7 Å². The van der Waals surface area contributed by atoms with Crippen LogP contribution in [0.4, 0.5) is 0 Å². The van der Waals surface area contributed by atoms with Gasteiger partial charge in [0.15, 0.2) is 11.5 Å². The number of aryl methyl sites for hydroxylation is 2. The van der Waals surface area contributed by atoms with E-state index >= 15 is 0 Å². The minimum absolute atomic E-state index is 0.0390. The predicted molar refractivity (Wildman–Crippen MR) is 74.0 cm³/mol. The summed E-state index contributed by atoms with van der Waals surface area (Å²) in [5, 5.41) is 18.6. The van der Waals surface area contributed by atoms with Gasteiger partial charge in [0, 0.05) is 24.8 Å². The Balaban J connectivity index is 1.55. The first-order valence-corrected chi connectivity index (χ1v) is 7.43. The molecule has 2 aromatic heterocycles. The van der Waals surface area contributed by atoms with Crippen LogP contribution in [-0.4, -0.2) is 60.9 Å². The number of nitrogens with zero attached hydrogens (tertiary/aromatic N) is 6. The van der Waals surface area contributed by atoms with E-state index in [1.807, 2.05) is 0 Å². The molecule has 1 unspecified atom stereocenters. The number of amides is 1. The maximum Gasteiger partial charge on any atom is 0.274 e. The van der Waals surface area contributed by atoms with Crippen molar-refractivity contribution < 1.29 is 9.53 Å². The van der Waals surface area contributed by atoms with Crippen LogP contribution < -0.4 is 0 Å². The van der Waals surface area contributed by atoms with Crippen LogP contribution in [0.15, 0.2) is 0 Å². The number of hydrogen-bond acceptors (Lipinski definition) is 6. The molecule has 9 nitrogen and oxygen atoms in total. The molecule has 1 aliphatic heterocycles. The standard InChI is InChI=1S/C13H17N7O2/c1-19-12(16-17-18-19)10-7-20(5-6-22-10)13(21)11-8-3-2-4-9(8)14-15-11/h10H,2-7H2,1H3,(H,14,15). The van der Waals surface area contributed by atoms with Gasteiger partial charge in [-0.1, -0.05) is 0 Å². The molecule has 1 atom stereocenters. The number of rotatable bonds is 2. The van der Waals surface area contributed by atoms with E-state index in [-0.39, 0.29) is 12.0 Å². The second kappa shape index (κ2) is 5.16. The molecule has 3 heterocycles. The van der Waals surface area contributed by atoms with Gasteiger partial charge in [-0.2, -0.15) is 5.10 Å². The second-order valence-corrected chi connectivity index (χ2v) is 5.65. The van der Waals surface area contributed by atoms with Gasteiger partial charge in [-0.15, -0.1) is 5.10 Å². The minimum Gasteiger partial charge on any atom is -0.366 e. The number of aromatic nitrogens is 6. The maximum atomic E-state index is 12.8. The number of hydrogen-bond donors (Lipinski definition) is 1. The summed E-state index contributed by atoms with van der Waals surface area (Å²) in [5.74, 6) is 0.590. The van der Waals surface area contributed by atoms with Crippen molar-refractivity contribution in [2.45, 2.75) is 25.4 Å². The molecule has 1 saturated heterocycles. The second-order valence-electron chi connectivity index (χ2n) is 5.65. The fraction of sp³-hybridized carbons (Fsp3) is 0.615. The van der Waals surface area contributed by atoms with Crippen LogP contribution >= 0.6 is 0 Å². The number of nitrogens with one attached hydrogen (secondary N) is 1. The Morgan fingerprint density at radius 3 is 3.14 bits per heavy atom. The van der Waals surface area contributed by atoms with E-state index in [9.17, 15) is 4.79 Å². The molecule has 2 aliphatic rings. The van der Waals surface area contributed by atoms with E-state index in [0.29, 0.717) is 31.2 Å². The molecular weight excluding hydrogens is 286 g/mol. The Kier molecular flexibility index (Phi) is 3.14. The van der Waals surface area contributed by atoms with Gasteiger partial charge in [0.1, 0.15) is 6.10 Å². The number of aromatic amines is 1. The van der Waals surface area contributed by atoms with Gasteiger partial charge in [0.05, 0.1) is 13.2 Å². The van der Waals surface area contributed by atoms with Crippen molar-refractivity contribution in [2.75, 3.05) is 19.7 Å². The molecule has 0 radical (unpaired) electrons. The van der Waals surface area contributed by atoms with E-state index in [2.05, 4.69) is 25.7 Å². The molecule has 4 rings (SSSR count). The molecule has 0 aromatic carbocycles. The Morgan fingerprint density at radius 2 is 2.32 bits per heavy atom. The van der Waals surface area contributed by atoms with E-state index in [4.69, 9.17) is 4.74 Å². The Hall–Kier alpha value is -2.29. The normalized spacial score (nSPS) is 21.1. The maximum absolute atomic E-state index is 12.8. The zero-order chi connectivity index (χ0) is 15.1. The van der Waals surface area contributed by atoms with E-state index in [0.717, 1.165) is 30.5 Å². The summed E-state index contributed by atoms with van der Waals surface area (Å²) in [5.41, 5.74) is 2.74. The van der Waals surface area contributed by atoms with Gasteiger partial charge in [0.25, 0.3) is 5.91 Å². The SMILES string of the molecule is Cn1nnnc1C1CN(C(=O)c2n[nH]c3c2CCC3)CCO1. The number of ether oxygens (including phenoxy) is 1. The first-order chi connectivity index (χ1) is 10.7. The fourth-order valence-electron chi connectivity index (χ4n) is 3.15. The monoisotopic (exact) mass is 303 g/mol. The van der Waals surface area contributed by atoms with Gasteiger partial charge >= 0.3 is 0 Å². The largest absolute Gasteiger partial charge is 0.366 e. The van der Waals surface area contributed by atoms with Crippen LogP contribution in [0.3, 0.4) is 0 Å². The average molecular weight is 303 g/mol. The summed E-state index contributed by atoms with van der Waals surface area (Å²) in [6.07, 6.45) is 2.69. The quantitative estimate of drug-likeness (QED) is 0.812. The molecule has 1 fully saturated rings. The Bertz CT molecular complexity index is 707. The molecule has 22 heavy (non-hydrogen) atoms. The van der Waals surface area contributed by atoms with Crippen LogP contribution in [0, 0.1) is 0 Å². The zero-order valence-electron chi connectivity index (χ0n) is 12.3. The molecule has 1 amide bonds. The zero-order valence-corrected chi connectivity index (χ0v) is 12.3. The summed E-state index contributed by atoms with van der Waals surface area (Å²) in [6, 6.07) is 0. The molecule has 1 N–H and O–H groups in total. The van der Waals surface area contributed by atoms with Crippen LogP contribution in [0.5, 0.6) is 0 Å². The van der Waals surface area contributed by atoms with E-state index < -0.39 is 0 Å². The van der Waals surface area contributed by atoms with Crippen molar-refractivity contribution in [3.8, 4) is 0 Å². The molecule has 0 saturated carbocycles. The molecular formula is C13H17N7O2. The van der Waals surface area contributed by atoms with Gasteiger partial charge in [-0.25, -0.2) is 4.68 Å². The molecule has 9 heteroatoms. The Labute approximate surface area is 126 Å². The molecule has 1 aliphatic carbocycles. The molecule has 0 bridgehead atoms. The number of H-pyrrole nitrogens is 1.